The Morgan fingerprint density at radius 3 is 2.32 bits per heavy atom. The largest absolute Gasteiger partial charge is 0.497 e. The summed E-state index contributed by atoms with van der Waals surface area (Å²) >= 11 is 3.50. The summed E-state index contributed by atoms with van der Waals surface area (Å²) in [6.45, 7) is 1.96. The highest BCUT2D eigenvalue weighted by atomic mass is 79.9. The van der Waals surface area contributed by atoms with Crippen LogP contribution in [0.25, 0.3) is 5.57 Å². The van der Waals surface area contributed by atoms with Crippen LogP contribution in [0.15, 0.2) is 71.2 Å². The molecule has 3 heteroatoms. The second kappa shape index (κ2) is 7.76. The molecule has 0 amide bonds. The van der Waals surface area contributed by atoms with Crippen LogP contribution in [-0.2, 0) is 0 Å². The Hall–Kier alpha value is -2.13. The lowest BCUT2D eigenvalue weighted by atomic mass is 10.0. The summed E-state index contributed by atoms with van der Waals surface area (Å²) in [5, 5.41) is 0. The lowest BCUT2D eigenvalue weighted by molar-refractivity contribution is 0.104. The molecule has 0 fully saturated rings. The fourth-order valence-corrected chi connectivity index (χ4v) is 2.42. The molecule has 0 atom stereocenters. The van der Waals surface area contributed by atoms with Gasteiger partial charge in [-0.15, -0.1) is 0 Å². The molecule has 0 bridgehead atoms. The first-order valence-electron chi connectivity index (χ1n) is 6.90. The number of hydrogen-bond acceptors (Lipinski definition) is 2. The van der Waals surface area contributed by atoms with Gasteiger partial charge in [0.05, 0.1) is 7.11 Å². The summed E-state index contributed by atoms with van der Waals surface area (Å²) in [6, 6.07) is 17.1. The van der Waals surface area contributed by atoms with Gasteiger partial charge in [-0.3, -0.25) is 4.79 Å². The van der Waals surface area contributed by atoms with Crippen molar-refractivity contribution >= 4 is 27.3 Å². The van der Waals surface area contributed by atoms with E-state index < -0.39 is 0 Å². The van der Waals surface area contributed by atoms with Crippen molar-refractivity contribution in [1.29, 1.82) is 0 Å². The molecule has 0 spiro atoms. The van der Waals surface area contributed by atoms with Gasteiger partial charge in [0, 0.05) is 5.56 Å². The number of ether oxygens (including phenoxy) is 1. The molecule has 0 aliphatic carbocycles. The first-order chi connectivity index (χ1) is 10.6. The van der Waals surface area contributed by atoms with Crippen LogP contribution in [-0.4, -0.2) is 12.9 Å². The molecule has 0 radical (unpaired) electrons. The monoisotopic (exact) mass is 356 g/mol. The second-order valence-electron chi connectivity index (χ2n) is 4.74. The minimum atomic E-state index is -0.0546. The topological polar surface area (TPSA) is 26.3 Å². The molecule has 0 heterocycles. The maximum atomic E-state index is 12.3. The van der Waals surface area contributed by atoms with E-state index in [1.165, 1.54) is 0 Å². The zero-order chi connectivity index (χ0) is 15.9. The number of carbonyl (C=O) groups is 1. The van der Waals surface area contributed by atoms with Crippen molar-refractivity contribution in [2.75, 3.05) is 7.11 Å². The van der Waals surface area contributed by atoms with Crippen LogP contribution in [0.3, 0.4) is 0 Å². The van der Waals surface area contributed by atoms with Gasteiger partial charge in [0.1, 0.15) is 5.75 Å². The minimum absolute atomic E-state index is 0.0546. The number of halogens is 1. The predicted molar refractivity (Wildman–Crippen MR) is 94.4 cm³/mol. The van der Waals surface area contributed by atoms with E-state index in [0.717, 1.165) is 15.6 Å². The Labute approximate surface area is 139 Å². The number of ketones is 1. The first kappa shape index (κ1) is 16.2. The Kier molecular flexibility index (Phi) is 5.73. The minimum Gasteiger partial charge on any atom is -0.497 e. The number of carbonyl (C=O) groups excluding carboxylic acids is 1. The molecule has 0 saturated heterocycles. The molecular weight excluding hydrogens is 340 g/mol. The molecule has 0 aromatic heterocycles. The number of allylic oxidation sites excluding steroid dienone is 4. The molecular formula is C19H17BrO2. The Morgan fingerprint density at radius 2 is 1.68 bits per heavy atom. The Bertz CT molecular complexity index is 711. The molecule has 22 heavy (non-hydrogen) atoms. The van der Waals surface area contributed by atoms with E-state index in [9.17, 15) is 4.79 Å². The van der Waals surface area contributed by atoms with E-state index >= 15 is 0 Å². The van der Waals surface area contributed by atoms with Gasteiger partial charge in [-0.05, 0) is 46.8 Å². The highest BCUT2D eigenvalue weighted by Gasteiger charge is 2.05. The third-order valence-electron chi connectivity index (χ3n) is 3.21. The lowest BCUT2D eigenvalue weighted by Crippen LogP contribution is -1.95. The standard InChI is InChI=1S/C19H17BrO2/c1-14(20)18(15-7-4-3-5-8-15)11-12-19(21)16-9-6-10-17(13-16)22-2/h3-13H,1-2H3. The normalized spacial score (nSPS) is 12.1. The molecule has 2 aromatic carbocycles. The number of benzene rings is 2. The van der Waals surface area contributed by atoms with Crippen molar-refractivity contribution in [1.82, 2.24) is 0 Å². The van der Waals surface area contributed by atoms with Crippen LogP contribution in [0, 0.1) is 0 Å². The maximum absolute atomic E-state index is 12.3. The molecule has 0 saturated carbocycles. The summed E-state index contributed by atoms with van der Waals surface area (Å²) < 4.78 is 6.13. The van der Waals surface area contributed by atoms with Crippen LogP contribution in [0.2, 0.25) is 0 Å². The average molecular weight is 357 g/mol. The smallest absolute Gasteiger partial charge is 0.185 e. The zero-order valence-electron chi connectivity index (χ0n) is 12.5. The highest BCUT2D eigenvalue weighted by Crippen LogP contribution is 2.24. The molecule has 0 N–H and O–H groups in total. The summed E-state index contributed by atoms with van der Waals surface area (Å²) in [5.74, 6) is 0.621. The number of methoxy groups -OCH3 is 1. The third kappa shape index (κ3) is 4.18. The number of hydrogen-bond donors (Lipinski definition) is 0. The van der Waals surface area contributed by atoms with Crippen molar-refractivity contribution in [3.63, 3.8) is 0 Å². The van der Waals surface area contributed by atoms with Crippen LogP contribution >= 0.6 is 15.9 Å². The van der Waals surface area contributed by atoms with Crippen LogP contribution < -0.4 is 4.74 Å². The molecule has 2 nitrogen and oxygen atoms in total. The molecule has 0 aliphatic rings. The lowest BCUT2D eigenvalue weighted by Gasteiger charge is -2.05. The first-order valence-corrected chi connectivity index (χ1v) is 7.69. The molecule has 0 aliphatic heterocycles. The number of rotatable bonds is 5. The quantitative estimate of drug-likeness (QED) is 0.415. The van der Waals surface area contributed by atoms with Gasteiger partial charge in [-0.1, -0.05) is 58.4 Å². The zero-order valence-corrected chi connectivity index (χ0v) is 14.1. The SMILES string of the molecule is COc1cccc(C(=O)C=CC(=C(C)Br)c2ccccc2)c1. The average Bonchev–Trinajstić information content (AvgIpc) is 2.55. The van der Waals surface area contributed by atoms with Gasteiger partial charge in [-0.25, -0.2) is 0 Å². The maximum Gasteiger partial charge on any atom is 0.185 e. The van der Waals surface area contributed by atoms with Crippen molar-refractivity contribution in [2.24, 2.45) is 0 Å². The van der Waals surface area contributed by atoms with E-state index in [-0.39, 0.29) is 5.78 Å². The van der Waals surface area contributed by atoms with Gasteiger partial charge in [0.15, 0.2) is 5.78 Å². The van der Waals surface area contributed by atoms with E-state index in [2.05, 4.69) is 15.9 Å². The molecule has 0 unspecified atom stereocenters. The summed E-state index contributed by atoms with van der Waals surface area (Å²) in [7, 11) is 1.59. The summed E-state index contributed by atoms with van der Waals surface area (Å²) in [6.07, 6.45) is 3.42. The van der Waals surface area contributed by atoms with Crippen LogP contribution in [0.4, 0.5) is 0 Å². The van der Waals surface area contributed by atoms with Crippen molar-refractivity contribution < 1.29 is 9.53 Å². The fraction of sp³-hybridized carbons (Fsp3) is 0.105. The van der Waals surface area contributed by atoms with Crippen molar-refractivity contribution in [3.8, 4) is 5.75 Å². The predicted octanol–water partition coefficient (Wildman–Crippen LogP) is 5.26. The van der Waals surface area contributed by atoms with Crippen LogP contribution in [0.1, 0.15) is 22.8 Å². The Morgan fingerprint density at radius 1 is 1.00 bits per heavy atom. The van der Waals surface area contributed by atoms with Gasteiger partial charge in [-0.2, -0.15) is 0 Å². The Balaban J connectivity index is 2.25. The van der Waals surface area contributed by atoms with Crippen molar-refractivity contribution in [3.05, 3.63) is 82.4 Å². The second-order valence-corrected chi connectivity index (χ2v) is 5.93. The third-order valence-corrected chi connectivity index (χ3v) is 3.64. The van der Waals surface area contributed by atoms with Gasteiger partial charge >= 0.3 is 0 Å². The van der Waals surface area contributed by atoms with Gasteiger partial charge < -0.3 is 4.74 Å². The van der Waals surface area contributed by atoms with Gasteiger partial charge in [0.2, 0.25) is 0 Å². The van der Waals surface area contributed by atoms with Crippen LogP contribution in [0.5, 0.6) is 5.75 Å². The van der Waals surface area contributed by atoms with Crippen molar-refractivity contribution in [2.45, 2.75) is 6.92 Å². The fourth-order valence-electron chi connectivity index (χ4n) is 2.06. The van der Waals surface area contributed by atoms with E-state index in [0.29, 0.717) is 11.3 Å². The summed E-state index contributed by atoms with van der Waals surface area (Å²) in [4.78, 5) is 12.3. The molecule has 2 rings (SSSR count). The van der Waals surface area contributed by atoms with E-state index in [1.807, 2.05) is 55.5 Å². The van der Waals surface area contributed by atoms with E-state index in [4.69, 9.17) is 4.74 Å². The highest BCUT2D eigenvalue weighted by molar-refractivity contribution is 9.11. The molecule has 2 aromatic rings. The van der Waals surface area contributed by atoms with E-state index in [1.54, 1.807) is 25.3 Å². The van der Waals surface area contributed by atoms with Gasteiger partial charge in [0.25, 0.3) is 0 Å². The molecule has 112 valence electrons. The summed E-state index contributed by atoms with van der Waals surface area (Å²) in [5.41, 5.74) is 2.65.